The Labute approximate surface area is 121 Å². The number of hydrogen-bond donors (Lipinski definition) is 1. The molecule has 0 unspecified atom stereocenters. The van der Waals surface area contributed by atoms with E-state index in [0.717, 1.165) is 33.7 Å². The average molecular weight is 289 g/mol. The van der Waals surface area contributed by atoms with Crippen molar-refractivity contribution in [2.24, 2.45) is 0 Å². The van der Waals surface area contributed by atoms with Gasteiger partial charge in [-0.3, -0.25) is 0 Å². The molecule has 0 spiro atoms. The minimum atomic E-state index is -0.961. The number of carbonyl (C=O) groups is 1. The SMILES string of the molecule is CCCOc1ccc(-c2ncc(/C=C/C(=O)O)s2)cc1. The van der Waals surface area contributed by atoms with Crippen LogP contribution in [-0.4, -0.2) is 22.7 Å². The van der Waals surface area contributed by atoms with Crippen molar-refractivity contribution >= 4 is 23.4 Å². The highest BCUT2D eigenvalue weighted by molar-refractivity contribution is 7.15. The number of carboxylic acids is 1. The van der Waals surface area contributed by atoms with Crippen molar-refractivity contribution in [3.8, 4) is 16.3 Å². The second-order valence-electron chi connectivity index (χ2n) is 4.11. The predicted octanol–water partition coefficient (Wildman–Crippen LogP) is 3.70. The highest BCUT2D eigenvalue weighted by atomic mass is 32.1. The first-order chi connectivity index (χ1) is 9.69. The molecule has 0 atom stereocenters. The first-order valence-electron chi connectivity index (χ1n) is 6.29. The largest absolute Gasteiger partial charge is 0.494 e. The van der Waals surface area contributed by atoms with Crippen molar-refractivity contribution in [2.45, 2.75) is 13.3 Å². The maximum atomic E-state index is 10.5. The smallest absolute Gasteiger partial charge is 0.328 e. The molecular weight excluding hydrogens is 274 g/mol. The summed E-state index contributed by atoms with van der Waals surface area (Å²) in [5.74, 6) is -0.115. The molecule has 2 aromatic rings. The highest BCUT2D eigenvalue weighted by Crippen LogP contribution is 2.27. The van der Waals surface area contributed by atoms with Crippen molar-refractivity contribution in [3.05, 3.63) is 41.4 Å². The summed E-state index contributed by atoms with van der Waals surface area (Å²) in [4.78, 5) is 15.6. The molecule has 0 bridgehead atoms. The fraction of sp³-hybridized carbons (Fsp3) is 0.200. The van der Waals surface area contributed by atoms with Gasteiger partial charge >= 0.3 is 5.97 Å². The molecule has 0 saturated heterocycles. The lowest BCUT2D eigenvalue weighted by Gasteiger charge is -2.04. The monoisotopic (exact) mass is 289 g/mol. The van der Waals surface area contributed by atoms with Gasteiger partial charge < -0.3 is 9.84 Å². The molecule has 0 aliphatic heterocycles. The fourth-order valence-corrected chi connectivity index (χ4v) is 2.39. The topological polar surface area (TPSA) is 59.4 Å². The van der Waals surface area contributed by atoms with Crippen molar-refractivity contribution in [1.82, 2.24) is 4.98 Å². The van der Waals surface area contributed by atoms with Crippen LogP contribution in [0.5, 0.6) is 5.75 Å². The van der Waals surface area contributed by atoms with E-state index in [1.807, 2.05) is 24.3 Å². The number of aromatic nitrogens is 1. The molecule has 20 heavy (non-hydrogen) atoms. The van der Waals surface area contributed by atoms with Crippen LogP contribution in [0.1, 0.15) is 18.2 Å². The van der Waals surface area contributed by atoms with Gasteiger partial charge in [-0.15, -0.1) is 11.3 Å². The Hall–Kier alpha value is -2.14. The van der Waals surface area contributed by atoms with E-state index in [-0.39, 0.29) is 0 Å². The molecule has 2 rings (SSSR count). The summed E-state index contributed by atoms with van der Waals surface area (Å²) < 4.78 is 5.52. The summed E-state index contributed by atoms with van der Waals surface area (Å²) in [6.07, 6.45) is 5.30. The molecule has 1 aromatic carbocycles. The number of ether oxygens (including phenoxy) is 1. The average Bonchev–Trinajstić information content (AvgIpc) is 2.92. The van der Waals surface area contributed by atoms with E-state index in [2.05, 4.69) is 11.9 Å². The van der Waals surface area contributed by atoms with Crippen LogP contribution in [0.25, 0.3) is 16.6 Å². The first-order valence-corrected chi connectivity index (χ1v) is 7.10. The van der Waals surface area contributed by atoms with Crippen LogP contribution in [-0.2, 0) is 4.79 Å². The molecule has 4 nitrogen and oxygen atoms in total. The number of nitrogens with zero attached hydrogens (tertiary/aromatic N) is 1. The Balaban J connectivity index is 2.09. The number of hydrogen-bond acceptors (Lipinski definition) is 4. The zero-order chi connectivity index (χ0) is 14.4. The number of rotatable bonds is 6. The summed E-state index contributed by atoms with van der Waals surface area (Å²) in [6.45, 7) is 2.77. The van der Waals surface area contributed by atoms with E-state index in [1.165, 1.54) is 11.3 Å². The lowest BCUT2D eigenvalue weighted by atomic mass is 10.2. The normalized spacial score (nSPS) is 10.8. The van der Waals surface area contributed by atoms with E-state index in [1.54, 1.807) is 12.3 Å². The Kier molecular flexibility index (Phi) is 4.90. The van der Waals surface area contributed by atoms with Gasteiger partial charge in [0.05, 0.1) is 6.61 Å². The van der Waals surface area contributed by atoms with Crippen LogP contribution in [0.15, 0.2) is 36.5 Å². The summed E-state index contributed by atoms with van der Waals surface area (Å²) in [6, 6.07) is 7.74. The van der Waals surface area contributed by atoms with Crippen LogP contribution in [0.4, 0.5) is 0 Å². The quantitative estimate of drug-likeness (QED) is 0.824. The third kappa shape index (κ3) is 3.93. The third-order valence-corrected chi connectivity index (χ3v) is 3.50. The van der Waals surface area contributed by atoms with Crippen molar-refractivity contribution < 1.29 is 14.6 Å². The molecular formula is C15H15NO3S. The van der Waals surface area contributed by atoms with Gasteiger partial charge in [0.1, 0.15) is 10.8 Å². The molecule has 104 valence electrons. The summed E-state index contributed by atoms with van der Waals surface area (Å²) in [7, 11) is 0. The third-order valence-electron chi connectivity index (χ3n) is 2.49. The second-order valence-corrected chi connectivity index (χ2v) is 5.17. The van der Waals surface area contributed by atoms with Crippen molar-refractivity contribution in [1.29, 1.82) is 0 Å². The molecule has 0 fully saturated rings. The number of carboxylic acid groups (broad SMARTS) is 1. The maximum Gasteiger partial charge on any atom is 0.328 e. The van der Waals surface area contributed by atoms with E-state index >= 15 is 0 Å². The first kappa shape index (κ1) is 14.3. The van der Waals surface area contributed by atoms with Gasteiger partial charge in [0.2, 0.25) is 0 Å². The molecule has 0 saturated carbocycles. The van der Waals surface area contributed by atoms with Gasteiger partial charge in [-0.25, -0.2) is 9.78 Å². The van der Waals surface area contributed by atoms with Crippen LogP contribution in [0.3, 0.4) is 0 Å². The highest BCUT2D eigenvalue weighted by Gasteiger charge is 2.04. The molecule has 5 heteroatoms. The van der Waals surface area contributed by atoms with Crippen LogP contribution in [0, 0.1) is 0 Å². The molecule has 1 N–H and O–H groups in total. The number of thiazole rings is 1. The van der Waals surface area contributed by atoms with E-state index in [9.17, 15) is 4.79 Å². The minimum absolute atomic E-state index is 0.709. The maximum absolute atomic E-state index is 10.5. The van der Waals surface area contributed by atoms with Crippen molar-refractivity contribution in [2.75, 3.05) is 6.61 Å². The molecule has 0 aliphatic rings. The second kappa shape index (κ2) is 6.86. The van der Waals surface area contributed by atoms with E-state index in [4.69, 9.17) is 9.84 Å². The molecule has 0 radical (unpaired) electrons. The summed E-state index contributed by atoms with van der Waals surface area (Å²) in [5.41, 5.74) is 0.994. The Bertz CT molecular complexity index is 602. The Morgan fingerprint density at radius 2 is 2.15 bits per heavy atom. The lowest BCUT2D eigenvalue weighted by Crippen LogP contribution is -1.94. The number of benzene rings is 1. The van der Waals surface area contributed by atoms with Gasteiger partial charge in [-0.1, -0.05) is 6.92 Å². The Morgan fingerprint density at radius 3 is 2.80 bits per heavy atom. The van der Waals surface area contributed by atoms with Crippen molar-refractivity contribution in [3.63, 3.8) is 0 Å². The summed E-state index contributed by atoms with van der Waals surface area (Å²) >= 11 is 1.45. The van der Waals surface area contributed by atoms with Crippen LogP contribution >= 0.6 is 11.3 Å². The molecule has 0 amide bonds. The lowest BCUT2D eigenvalue weighted by molar-refractivity contribution is -0.131. The van der Waals surface area contributed by atoms with Crippen LogP contribution in [0.2, 0.25) is 0 Å². The van der Waals surface area contributed by atoms with E-state index in [0.29, 0.717) is 6.61 Å². The van der Waals surface area contributed by atoms with Gasteiger partial charge in [0, 0.05) is 22.7 Å². The van der Waals surface area contributed by atoms with Gasteiger partial charge in [0.25, 0.3) is 0 Å². The van der Waals surface area contributed by atoms with Crippen LogP contribution < -0.4 is 4.74 Å². The predicted molar refractivity (Wildman–Crippen MR) is 80.0 cm³/mol. The van der Waals surface area contributed by atoms with E-state index < -0.39 is 5.97 Å². The van der Waals surface area contributed by atoms with Gasteiger partial charge in [-0.2, -0.15) is 0 Å². The standard InChI is InChI=1S/C15H15NO3S/c1-2-9-19-12-5-3-11(4-6-12)15-16-10-13(20-15)7-8-14(17)18/h3-8,10H,2,9H2,1H3,(H,17,18)/b8-7+. The Morgan fingerprint density at radius 1 is 1.40 bits per heavy atom. The minimum Gasteiger partial charge on any atom is -0.494 e. The summed E-state index contributed by atoms with van der Waals surface area (Å²) in [5, 5.41) is 9.44. The fourth-order valence-electron chi connectivity index (χ4n) is 1.56. The van der Waals surface area contributed by atoms with Gasteiger partial charge in [0.15, 0.2) is 0 Å². The number of aliphatic carboxylic acids is 1. The zero-order valence-corrected chi connectivity index (χ0v) is 11.9. The molecule has 1 heterocycles. The van der Waals surface area contributed by atoms with Gasteiger partial charge in [-0.05, 0) is 36.8 Å². The molecule has 0 aliphatic carbocycles. The molecule has 1 aromatic heterocycles. The zero-order valence-electron chi connectivity index (χ0n) is 11.1.